The molecule has 0 unspecified atom stereocenters. The second kappa shape index (κ2) is 11.2. The van der Waals surface area contributed by atoms with E-state index in [4.69, 9.17) is 0 Å². The van der Waals surface area contributed by atoms with E-state index in [0.717, 1.165) is 0 Å². The fourth-order valence-corrected chi connectivity index (χ4v) is 10.3. The minimum absolute atomic E-state index is 0.100. The summed E-state index contributed by atoms with van der Waals surface area (Å²) >= 11 is 0. The third kappa shape index (κ3) is 5.22. The van der Waals surface area contributed by atoms with Crippen LogP contribution >= 0.6 is 10.0 Å². The average Bonchev–Trinajstić information content (AvgIpc) is 3.31. The Kier molecular flexibility index (Phi) is 7.25. The van der Waals surface area contributed by atoms with Crippen molar-refractivity contribution in [2.75, 3.05) is 12.5 Å². The maximum atomic E-state index is 2.58. The topological polar surface area (TPSA) is 0 Å². The first-order valence-electron chi connectivity index (χ1n) is 17.5. The van der Waals surface area contributed by atoms with Crippen molar-refractivity contribution in [1.29, 1.82) is 0 Å². The molecule has 7 aromatic rings. The molecule has 1 heteroatoms. The third-order valence-corrected chi connectivity index (χ3v) is 13.6. The molecule has 244 valence electrons. The molecule has 0 saturated heterocycles. The van der Waals surface area contributed by atoms with Gasteiger partial charge in [0.2, 0.25) is 0 Å². The van der Waals surface area contributed by atoms with Crippen molar-refractivity contribution < 1.29 is 0 Å². The van der Waals surface area contributed by atoms with Crippen LogP contribution in [0.1, 0.15) is 52.7 Å². The predicted octanol–water partition coefficient (Wildman–Crippen LogP) is 14.1. The molecule has 8 rings (SSSR count). The second-order valence-electron chi connectivity index (χ2n) is 16.2. The highest BCUT2D eigenvalue weighted by molar-refractivity contribution is 8.33. The van der Waals surface area contributed by atoms with Gasteiger partial charge in [-0.25, -0.2) is 0 Å². The molecular weight excluding hydrogens is 609 g/mol. The van der Waals surface area contributed by atoms with Crippen molar-refractivity contribution in [3.8, 4) is 44.5 Å². The Bertz CT molecular complexity index is 2380. The van der Waals surface area contributed by atoms with Gasteiger partial charge in [-0.2, -0.15) is 10.0 Å². The molecule has 0 spiro atoms. The van der Waals surface area contributed by atoms with Gasteiger partial charge in [-0.15, -0.1) is 0 Å². The van der Waals surface area contributed by atoms with Crippen LogP contribution in [-0.2, 0) is 10.8 Å². The Morgan fingerprint density at radius 3 is 1.33 bits per heavy atom. The van der Waals surface area contributed by atoms with Gasteiger partial charge in [0.25, 0.3) is 0 Å². The minimum atomic E-state index is -1.26. The molecule has 7 aromatic carbocycles. The van der Waals surface area contributed by atoms with Crippen LogP contribution in [0.4, 0.5) is 0 Å². The van der Waals surface area contributed by atoms with E-state index in [2.05, 4.69) is 188 Å². The van der Waals surface area contributed by atoms with Gasteiger partial charge in [-0.3, -0.25) is 0 Å². The lowest BCUT2D eigenvalue weighted by Crippen LogP contribution is -2.10. The summed E-state index contributed by atoms with van der Waals surface area (Å²) in [5.74, 6) is 0. The van der Waals surface area contributed by atoms with E-state index in [1.807, 2.05) is 0 Å². The van der Waals surface area contributed by atoms with E-state index in [-0.39, 0.29) is 10.8 Å². The van der Waals surface area contributed by atoms with E-state index in [1.165, 1.54) is 87.0 Å². The van der Waals surface area contributed by atoms with Crippen molar-refractivity contribution in [2.24, 2.45) is 0 Å². The first-order chi connectivity index (χ1) is 23.3. The summed E-state index contributed by atoms with van der Waals surface area (Å²) in [6.07, 6.45) is 4.98. The first-order valence-corrected chi connectivity index (χ1v) is 19.9. The second-order valence-corrected chi connectivity index (χ2v) is 19.8. The average molecular weight is 655 g/mol. The summed E-state index contributed by atoms with van der Waals surface area (Å²) in [5.41, 5.74) is 13.5. The molecule has 0 bridgehead atoms. The lowest BCUT2D eigenvalue weighted by Gasteiger charge is -2.29. The van der Waals surface area contributed by atoms with Crippen LogP contribution in [0.3, 0.4) is 0 Å². The van der Waals surface area contributed by atoms with Crippen molar-refractivity contribution in [1.82, 2.24) is 0 Å². The third-order valence-electron chi connectivity index (χ3n) is 10.7. The highest BCUT2D eigenvalue weighted by Crippen LogP contribution is 2.68. The Morgan fingerprint density at radius 2 is 0.816 bits per heavy atom. The van der Waals surface area contributed by atoms with Crippen LogP contribution in [0.5, 0.6) is 0 Å². The molecule has 0 aromatic heterocycles. The fourth-order valence-electron chi connectivity index (χ4n) is 7.83. The molecule has 49 heavy (non-hydrogen) atoms. The summed E-state index contributed by atoms with van der Waals surface area (Å²) < 4.78 is 0. The number of hydrogen-bond acceptors (Lipinski definition) is 0. The van der Waals surface area contributed by atoms with Gasteiger partial charge in [-0.05, 0) is 119 Å². The molecule has 1 aliphatic rings. The van der Waals surface area contributed by atoms with Gasteiger partial charge in [0.1, 0.15) is 0 Å². The van der Waals surface area contributed by atoms with Gasteiger partial charge in [0.05, 0.1) is 0 Å². The maximum absolute atomic E-state index is 2.58. The van der Waals surface area contributed by atoms with Gasteiger partial charge >= 0.3 is 0 Å². The predicted molar refractivity (Wildman–Crippen MR) is 217 cm³/mol. The van der Waals surface area contributed by atoms with Gasteiger partial charge in [0.15, 0.2) is 0 Å². The standard InChI is InChI=1S/C48H46S/c1-47(2,3)35-23-18-32(19-24-35)45-38-16-12-13-17-39(38)46(33-20-25-36(26-21-33)48(4,5)6)42-30-44-40(29-41(42)45)37-27-22-34(28-43(37)49(44,7)8)31-14-10-9-11-15-31/h9-30H,1-8H3. The normalized spacial score (nSPS) is 14.5. The van der Waals surface area contributed by atoms with E-state index in [1.54, 1.807) is 0 Å². The Balaban J connectivity index is 1.45. The van der Waals surface area contributed by atoms with E-state index in [9.17, 15) is 0 Å². The molecule has 0 amide bonds. The molecule has 0 saturated carbocycles. The molecule has 0 atom stereocenters. The van der Waals surface area contributed by atoms with E-state index < -0.39 is 10.0 Å². The lowest BCUT2D eigenvalue weighted by molar-refractivity contribution is 0.590. The summed E-state index contributed by atoms with van der Waals surface area (Å²) in [5, 5.41) is 5.28. The zero-order valence-electron chi connectivity index (χ0n) is 30.1. The van der Waals surface area contributed by atoms with Crippen LogP contribution in [0.25, 0.3) is 66.1 Å². The van der Waals surface area contributed by atoms with Crippen molar-refractivity contribution in [2.45, 2.75) is 62.2 Å². The van der Waals surface area contributed by atoms with Crippen LogP contribution < -0.4 is 0 Å². The summed E-state index contributed by atoms with van der Waals surface area (Å²) in [7, 11) is -1.26. The molecule has 0 fully saturated rings. The molecular formula is C48H46S. The van der Waals surface area contributed by atoms with Gasteiger partial charge in [0, 0.05) is 9.79 Å². The lowest BCUT2D eigenvalue weighted by atomic mass is 9.82. The zero-order valence-corrected chi connectivity index (χ0v) is 30.9. The SMILES string of the molecule is CC(C)(C)c1ccc(-c2c3ccccc3c(-c3ccc(C(C)(C)C)cc3)c3cc4c(cc23)-c2ccc(-c3ccccc3)cc2S4(C)C)cc1. The fraction of sp³-hybridized carbons (Fsp3) is 0.208. The number of fused-ring (bicyclic) bond motifs is 5. The van der Waals surface area contributed by atoms with E-state index >= 15 is 0 Å². The number of hydrogen-bond donors (Lipinski definition) is 0. The van der Waals surface area contributed by atoms with E-state index in [0.29, 0.717) is 0 Å². The van der Waals surface area contributed by atoms with Gasteiger partial charge < -0.3 is 0 Å². The molecule has 0 nitrogen and oxygen atoms in total. The largest absolute Gasteiger partial charge is 0.192 e. The van der Waals surface area contributed by atoms with Crippen LogP contribution in [0.15, 0.2) is 143 Å². The molecule has 0 radical (unpaired) electrons. The Morgan fingerprint density at radius 1 is 0.367 bits per heavy atom. The van der Waals surface area contributed by atoms with Crippen LogP contribution in [0.2, 0.25) is 0 Å². The maximum Gasteiger partial charge on any atom is 0.00220 e. The van der Waals surface area contributed by atoms with Crippen molar-refractivity contribution in [3.63, 3.8) is 0 Å². The Hall–Kier alpha value is -4.59. The molecule has 0 N–H and O–H groups in total. The number of rotatable bonds is 3. The van der Waals surface area contributed by atoms with Crippen LogP contribution in [-0.4, -0.2) is 12.5 Å². The van der Waals surface area contributed by atoms with Crippen molar-refractivity contribution in [3.05, 3.63) is 145 Å². The van der Waals surface area contributed by atoms with Crippen LogP contribution in [0, 0.1) is 0 Å². The zero-order chi connectivity index (χ0) is 34.3. The highest BCUT2D eigenvalue weighted by atomic mass is 32.3. The Labute approximate surface area is 294 Å². The quantitative estimate of drug-likeness (QED) is 0.166. The monoisotopic (exact) mass is 654 g/mol. The highest BCUT2D eigenvalue weighted by Gasteiger charge is 2.33. The molecule has 0 aliphatic carbocycles. The smallest absolute Gasteiger partial charge is 0.00220 e. The molecule has 1 heterocycles. The summed E-state index contributed by atoms with van der Waals surface area (Å²) in [6.45, 7) is 13.8. The summed E-state index contributed by atoms with van der Waals surface area (Å²) in [6, 6.07) is 50.9. The minimum Gasteiger partial charge on any atom is -0.192 e. The first kappa shape index (κ1) is 31.7. The van der Waals surface area contributed by atoms with Crippen molar-refractivity contribution >= 4 is 31.6 Å². The van der Waals surface area contributed by atoms with Gasteiger partial charge in [-0.1, -0.05) is 157 Å². The molecule has 1 aliphatic heterocycles. The number of benzene rings is 7. The summed E-state index contributed by atoms with van der Waals surface area (Å²) in [4.78, 5) is 2.97.